The van der Waals surface area contributed by atoms with Gasteiger partial charge in [0.2, 0.25) is 21.8 Å². The summed E-state index contributed by atoms with van der Waals surface area (Å²) in [4.78, 5) is 28.2. The van der Waals surface area contributed by atoms with E-state index in [4.69, 9.17) is 23.2 Å². The van der Waals surface area contributed by atoms with Gasteiger partial charge in [0.25, 0.3) is 0 Å². The molecule has 0 saturated heterocycles. The molecular formula is C26H27Cl2N3O4S. The van der Waals surface area contributed by atoms with E-state index in [0.717, 1.165) is 21.7 Å². The maximum absolute atomic E-state index is 13.8. The number of carbonyl (C=O) groups is 2. The molecular weight excluding hydrogens is 521 g/mol. The molecule has 190 valence electrons. The fourth-order valence-electron chi connectivity index (χ4n) is 3.78. The standard InChI is InChI=1S/C26H27Cl2N3O4S/c1-29-26(33)23(16-19-10-5-3-6-11-19)30(17-20-12-7-4-8-13-20)24(32)18-31(36(2,34)35)22-15-9-14-21(27)25(22)28/h3-15,23H,16-18H2,1-2H3,(H,29,33)/t23-/m0/s1. The average Bonchev–Trinajstić information content (AvgIpc) is 2.86. The SMILES string of the molecule is CNC(=O)[C@H](Cc1ccccc1)N(Cc1ccccc1)C(=O)CN(c1cccc(Cl)c1Cl)S(C)(=O)=O. The molecule has 0 radical (unpaired) electrons. The Morgan fingerprint density at radius 2 is 1.47 bits per heavy atom. The fraction of sp³-hybridized carbons (Fsp3) is 0.231. The van der Waals surface area contributed by atoms with Crippen LogP contribution in [0.3, 0.4) is 0 Å². The molecule has 36 heavy (non-hydrogen) atoms. The van der Waals surface area contributed by atoms with E-state index in [-0.39, 0.29) is 34.6 Å². The molecule has 0 aliphatic carbocycles. The molecule has 3 aromatic rings. The quantitative estimate of drug-likeness (QED) is 0.413. The maximum atomic E-state index is 13.8. The first kappa shape index (κ1) is 27.5. The van der Waals surface area contributed by atoms with Gasteiger partial charge in [0.05, 0.1) is 22.0 Å². The fourth-order valence-corrected chi connectivity index (χ4v) is 5.08. The van der Waals surface area contributed by atoms with Gasteiger partial charge in [0.15, 0.2) is 0 Å². The zero-order chi connectivity index (χ0) is 26.3. The van der Waals surface area contributed by atoms with Crippen molar-refractivity contribution in [1.29, 1.82) is 0 Å². The second-order valence-corrected chi connectivity index (χ2v) is 10.9. The van der Waals surface area contributed by atoms with Gasteiger partial charge in [-0.15, -0.1) is 0 Å². The summed E-state index contributed by atoms with van der Waals surface area (Å²) >= 11 is 12.4. The van der Waals surface area contributed by atoms with E-state index in [9.17, 15) is 18.0 Å². The summed E-state index contributed by atoms with van der Waals surface area (Å²) in [6.45, 7) is -0.459. The van der Waals surface area contributed by atoms with Crippen LogP contribution in [-0.2, 0) is 32.6 Å². The summed E-state index contributed by atoms with van der Waals surface area (Å²) in [5, 5.41) is 2.80. The van der Waals surface area contributed by atoms with Gasteiger partial charge >= 0.3 is 0 Å². The van der Waals surface area contributed by atoms with E-state index in [1.807, 2.05) is 60.7 Å². The lowest BCUT2D eigenvalue weighted by molar-refractivity contribution is -0.139. The summed E-state index contributed by atoms with van der Waals surface area (Å²) in [5.74, 6) is -0.931. The summed E-state index contributed by atoms with van der Waals surface area (Å²) in [6.07, 6.45) is 1.23. The molecule has 1 N–H and O–H groups in total. The predicted molar refractivity (Wildman–Crippen MR) is 144 cm³/mol. The molecule has 7 nitrogen and oxygen atoms in total. The molecule has 0 aliphatic rings. The van der Waals surface area contributed by atoms with Crippen LogP contribution in [0.2, 0.25) is 10.0 Å². The molecule has 3 aromatic carbocycles. The summed E-state index contributed by atoms with van der Waals surface area (Å²) < 4.78 is 26.4. The third-order valence-electron chi connectivity index (χ3n) is 5.59. The van der Waals surface area contributed by atoms with Crippen molar-refractivity contribution < 1.29 is 18.0 Å². The van der Waals surface area contributed by atoms with Crippen molar-refractivity contribution in [3.05, 3.63) is 100 Å². The van der Waals surface area contributed by atoms with Gasteiger partial charge in [0, 0.05) is 20.0 Å². The molecule has 0 heterocycles. The van der Waals surface area contributed by atoms with Crippen molar-refractivity contribution in [2.45, 2.75) is 19.0 Å². The number of hydrogen-bond acceptors (Lipinski definition) is 4. The number of benzene rings is 3. The Kier molecular flexibility index (Phi) is 9.37. The van der Waals surface area contributed by atoms with E-state index in [1.54, 1.807) is 6.07 Å². The van der Waals surface area contributed by atoms with Crippen LogP contribution in [-0.4, -0.2) is 51.0 Å². The van der Waals surface area contributed by atoms with Crippen molar-refractivity contribution in [3.8, 4) is 0 Å². The second-order valence-electron chi connectivity index (χ2n) is 8.17. The average molecular weight is 548 g/mol. The topological polar surface area (TPSA) is 86.8 Å². The number of halogens is 2. The highest BCUT2D eigenvalue weighted by atomic mass is 35.5. The zero-order valence-electron chi connectivity index (χ0n) is 19.9. The molecule has 0 spiro atoms. The van der Waals surface area contributed by atoms with E-state index in [1.165, 1.54) is 24.1 Å². The molecule has 0 bridgehead atoms. The van der Waals surface area contributed by atoms with Crippen LogP contribution in [0.4, 0.5) is 5.69 Å². The number of sulfonamides is 1. The minimum atomic E-state index is -3.93. The van der Waals surface area contributed by atoms with Gasteiger partial charge in [-0.1, -0.05) is 89.9 Å². The Hall–Kier alpha value is -3.07. The Balaban J connectivity index is 2.03. The van der Waals surface area contributed by atoms with Crippen molar-refractivity contribution in [2.75, 3.05) is 24.2 Å². The molecule has 0 unspecified atom stereocenters. The first-order valence-electron chi connectivity index (χ1n) is 11.1. The lowest BCUT2D eigenvalue weighted by atomic mass is 10.0. The van der Waals surface area contributed by atoms with Crippen molar-refractivity contribution in [3.63, 3.8) is 0 Å². The smallest absolute Gasteiger partial charge is 0.244 e. The highest BCUT2D eigenvalue weighted by Gasteiger charge is 2.33. The highest BCUT2D eigenvalue weighted by molar-refractivity contribution is 7.92. The first-order chi connectivity index (χ1) is 17.1. The van der Waals surface area contributed by atoms with Gasteiger partial charge in [-0.2, -0.15) is 0 Å². The monoisotopic (exact) mass is 547 g/mol. The largest absolute Gasteiger partial charge is 0.357 e. The number of rotatable bonds is 10. The number of nitrogens with zero attached hydrogens (tertiary/aromatic N) is 2. The third-order valence-corrected chi connectivity index (χ3v) is 7.53. The molecule has 0 aromatic heterocycles. The molecule has 0 saturated carbocycles. The Morgan fingerprint density at radius 1 is 0.889 bits per heavy atom. The molecule has 10 heteroatoms. The van der Waals surface area contributed by atoms with Crippen LogP contribution in [0.15, 0.2) is 78.9 Å². The Labute approximate surface area is 221 Å². The van der Waals surface area contributed by atoms with Gasteiger partial charge < -0.3 is 10.2 Å². The molecule has 2 amide bonds. The van der Waals surface area contributed by atoms with Crippen LogP contribution < -0.4 is 9.62 Å². The van der Waals surface area contributed by atoms with Gasteiger partial charge in [0.1, 0.15) is 12.6 Å². The number of amides is 2. The van der Waals surface area contributed by atoms with E-state index in [2.05, 4.69) is 5.32 Å². The third kappa shape index (κ3) is 7.00. The number of nitrogens with one attached hydrogen (secondary N) is 1. The predicted octanol–water partition coefficient (Wildman–Crippen LogP) is 4.15. The number of anilines is 1. The highest BCUT2D eigenvalue weighted by Crippen LogP contribution is 2.33. The van der Waals surface area contributed by atoms with Crippen LogP contribution in [0.25, 0.3) is 0 Å². The number of hydrogen-bond donors (Lipinski definition) is 1. The van der Waals surface area contributed by atoms with Gasteiger partial charge in [-0.25, -0.2) is 8.42 Å². The van der Waals surface area contributed by atoms with Gasteiger partial charge in [-0.3, -0.25) is 13.9 Å². The lowest BCUT2D eigenvalue weighted by Gasteiger charge is -2.33. The zero-order valence-corrected chi connectivity index (χ0v) is 22.2. The summed E-state index contributed by atoms with van der Waals surface area (Å²) in [5.41, 5.74) is 1.73. The Bertz CT molecular complexity index is 1310. The minimum absolute atomic E-state index is 0.0131. The minimum Gasteiger partial charge on any atom is -0.357 e. The van der Waals surface area contributed by atoms with Crippen molar-refractivity contribution in [1.82, 2.24) is 10.2 Å². The normalized spacial score (nSPS) is 12.0. The Morgan fingerprint density at radius 3 is 2.03 bits per heavy atom. The summed E-state index contributed by atoms with van der Waals surface area (Å²) in [7, 11) is -2.43. The van der Waals surface area contributed by atoms with Crippen molar-refractivity contribution >= 4 is 50.7 Å². The second kappa shape index (κ2) is 12.3. The lowest BCUT2D eigenvalue weighted by Crippen LogP contribution is -2.52. The maximum Gasteiger partial charge on any atom is 0.244 e. The van der Waals surface area contributed by atoms with E-state index >= 15 is 0 Å². The number of carbonyl (C=O) groups excluding carboxylic acids is 2. The van der Waals surface area contributed by atoms with Crippen LogP contribution in [0.5, 0.6) is 0 Å². The number of likely N-dealkylation sites (N-methyl/N-ethyl adjacent to an activating group) is 1. The summed E-state index contributed by atoms with van der Waals surface area (Å²) in [6, 6.07) is 22.2. The molecule has 0 fully saturated rings. The molecule has 1 atom stereocenters. The molecule has 3 rings (SSSR count). The van der Waals surface area contributed by atoms with E-state index < -0.39 is 28.5 Å². The van der Waals surface area contributed by atoms with Crippen LogP contribution in [0.1, 0.15) is 11.1 Å². The van der Waals surface area contributed by atoms with Crippen molar-refractivity contribution in [2.24, 2.45) is 0 Å². The first-order valence-corrected chi connectivity index (χ1v) is 13.7. The van der Waals surface area contributed by atoms with Gasteiger partial charge in [-0.05, 0) is 23.3 Å². The van der Waals surface area contributed by atoms with Crippen LogP contribution in [0, 0.1) is 0 Å². The molecule has 0 aliphatic heterocycles. The van der Waals surface area contributed by atoms with Crippen LogP contribution >= 0.6 is 23.2 Å². The van der Waals surface area contributed by atoms with E-state index in [0.29, 0.717) is 0 Å².